The number of aryl methyl sites for hydroxylation is 1. The summed E-state index contributed by atoms with van der Waals surface area (Å²) in [7, 11) is -1.10. The molecule has 2 rings (SSSR count). The molecule has 2 aromatic rings. The molecule has 2 amide bonds. The van der Waals surface area contributed by atoms with Crippen LogP contribution in [0.15, 0.2) is 54.6 Å². The van der Waals surface area contributed by atoms with E-state index in [4.69, 9.17) is 0 Å². The van der Waals surface area contributed by atoms with E-state index in [1.54, 1.807) is 30.3 Å². The largest absolute Gasteiger partial charge is 0.355 e. The third kappa shape index (κ3) is 6.79. The van der Waals surface area contributed by atoms with Gasteiger partial charge in [-0.2, -0.15) is 12.7 Å². The van der Waals surface area contributed by atoms with Crippen molar-refractivity contribution < 1.29 is 18.0 Å². The van der Waals surface area contributed by atoms with E-state index < -0.39 is 28.7 Å². The summed E-state index contributed by atoms with van der Waals surface area (Å²) in [4.78, 5) is 27.9. The molecule has 0 bridgehead atoms. The third-order valence-corrected chi connectivity index (χ3v) is 7.06. The van der Waals surface area contributed by atoms with Crippen LogP contribution in [0.4, 0.5) is 5.69 Å². The van der Waals surface area contributed by atoms with Gasteiger partial charge in [-0.25, -0.2) is 4.31 Å². The van der Waals surface area contributed by atoms with Crippen LogP contribution in [0.2, 0.25) is 0 Å². The van der Waals surface area contributed by atoms with Gasteiger partial charge in [0.2, 0.25) is 11.8 Å². The number of anilines is 1. The molecule has 180 valence electrons. The second-order valence-electron chi connectivity index (χ2n) is 7.96. The van der Waals surface area contributed by atoms with Crippen LogP contribution >= 0.6 is 0 Å². The highest BCUT2D eigenvalue weighted by Crippen LogP contribution is 2.21. The molecule has 0 aliphatic rings. The first kappa shape index (κ1) is 26.3. The van der Waals surface area contributed by atoms with Crippen LogP contribution < -0.4 is 9.62 Å². The zero-order chi connectivity index (χ0) is 24.6. The number of rotatable bonds is 11. The monoisotopic (exact) mass is 474 g/mol. The lowest BCUT2D eigenvalue weighted by Crippen LogP contribution is -2.53. The van der Waals surface area contributed by atoms with Crippen molar-refractivity contribution in [2.45, 2.75) is 39.8 Å². The molecule has 1 atom stereocenters. The first-order chi connectivity index (χ1) is 15.6. The quantitative estimate of drug-likeness (QED) is 0.542. The normalized spacial score (nSPS) is 12.3. The van der Waals surface area contributed by atoms with Gasteiger partial charge in [0.1, 0.15) is 12.6 Å². The summed E-state index contributed by atoms with van der Waals surface area (Å²) in [5, 5.41) is 2.79. The van der Waals surface area contributed by atoms with Crippen LogP contribution in [-0.2, 0) is 26.3 Å². The van der Waals surface area contributed by atoms with Crippen LogP contribution in [-0.4, -0.2) is 62.7 Å². The number of amides is 2. The number of hydrogen-bond acceptors (Lipinski definition) is 4. The molecule has 2 aromatic carbocycles. The van der Waals surface area contributed by atoms with Crippen LogP contribution in [0.1, 0.15) is 31.4 Å². The molecule has 0 aliphatic heterocycles. The van der Waals surface area contributed by atoms with E-state index in [-0.39, 0.29) is 12.5 Å². The highest BCUT2D eigenvalue weighted by Gasteiger charge is 2.33. The van der Waals surface area contributed by atoms with Gasteiger partial charge in [0.05, 0.1) is 5.69 Å². The Bertz CT molecular complexity index is 1040. The zero-order valence-corrected chi connectivity index (χ0v) is 20.8. The summed E-state index contributed by atoms with van der Waals surface area (Å²) in [6.45, 7) is 5.82. The summed E-state index contributed by atoms with van der Waals surface area (Å²) in [6.07, 6.45) is 0.398. The molecule has 8 nitrogen and oxygen atoms in total. The van der Waals surface area contributed by atoms with Gasteiger partial charge >= 0.3 is 10.2 Å². The molecule has 0 saturated carbocycles. The SMILES string of the molecule is CCNC(=O)[C@@H](CC)N(Cc1cccc(C)c1)C(=O)CN(c1ccccc1)S(=O)(=O)N(C)C. The molecule has 0 unspecified atom stereocenters. The summed E-state index contributed by atoms with van der Waals surface area (Å²) < 4.78 is 28.3. The smallest absolute Gasteiger partial charge is 0.304 e. The predicted molar refractivity (Wildman–Crippen MR) is 131 cm³/mol. The highest BCUT2D eigenvalue weighted by molar-refractivity contribution is 7.90. The number of benzene rings is 2. The minimum atomic E-state index is -3.94. The van der Waals surface area contributed by atoms with E-state index in [2.05, 4.69) is 5.32 Å². The molecule has 0 aromatic heterocycles. The molecule has 0 fully saturated rings. The number of nitrogens with one attached hydrogen (secondary N) is 1. The number of para-hydroxylation sites is 1. The fourth-order valence-electron chi connectivity index (χ4n) is 3.53. The second kappa shape index (κ2) is 11.8. The van der Waals surface area contributed by atoms with E-state index in [1.807, 2.05) is 45.0 Å². The topological polar surface area (TPSA) is 90.0 Å². The number of likely N-dealkylation sites (N-methyl/N-ethyl adjacent to an activating group) is 1. The van der Waals surface area contributed by atoms with Crippen LogP contribution in [0.3, 0.4) is 0 Å². The van der Waals surface area contributed by atoms with Gasteiger partial charge in [-0.1, -0.05) is 55.0 Å². The van der Waals surface area contributed by atoms with E-state index in [0.717, 1.165) is 19.7 Å². The van der Waals surface area contributed by atoms with Crippen LogP contribution in [0.25, 0.3) is 0 Å². The van der Waals surface area contributed by atoms with Crippen molar-refractivity contribution in [2.75, 3.05) is 31.5 Å². The van der Waals surface area contributed by atoms with Gasteiger partial charge < -0.3 is 10.2 Å². The molecule has 1 N–H and O–H groups in total. The van der Waals surface area contributed by atoms with Crippen LogP contribution in [0, 0.1) is 6.92 Å². The highest BCUT2D eigenvalue weighted by atomic mass is 32.2. The average molecular weight is 475 g/mol. The molecule has 0 spiro atoms. The maximum atomic E-state index is 13.6. The maximum absolute atomic E-state index is 13.6. The van der Waals surface area contributed by atoms with Gasteiger partial charge in [-0.05, 0) is 38.0 Å². The minimum Gasteiger partial charge on any atom is -0.355 e. The number of nitrogens with zero attached hydrogens (tertiary/aromatic N) is 3. The molecule has 0 heterocycles. The van der Waals surface area contributed by atoms with E-state index in [9.17, 15) is 18.0 Å². The fourth-order valence-corrected chi connectivity index (χ4v) is 4.59. The second-order valence-corrected chi connectivity index (χ2v) is 10.0. The standard InChI is InChI=1S/C24H34N4O4S/c1-6-22(24(30)25-7-2)27(17-20-13-11-12-19(3)16-20)23(29)18-28(33(31,32)26(4)5)21-14-9-8-10-15-21/h8-16,22H,6-7,17-18H2,1-5H3,(H,25,30)/t22-/m1/s1. The number of carbonyl (C=O) groups is 2. The lowest BCUT2D eigenvalue weighted by molar-refractivity contribution is -0.140. The molecular weight excluding hydrogens is 440 g/mol. The van der Waals surface area contributed by atoms with Gasteiger partial charge in [-0.15, -0.1) is 0 Å². The Morgan fingerprint density at radius 1 is 1.00 bits per heavy atom. The van der Waals surface area contributed by atoms with Crippen molar-refractivity contribution >= 4 is 27.7 Å². The Kier molecular flexibility index (Phi) is 9.43. The summed E-state index contributed by atoms with van der Waals surface area (Å²) >= 11 is 0. The third-order valence-electron chi connectivity index (χ3n) is 5.24. The first-order valence-electron chi connectivity index (χ1n) is 11.0. The Labute approximate surface area is 197 Å². The first-order valence-corrected chi connectivity index (χ1v) is 12.4. The molecule has 9 heteroatoms. The summed E-state index contributed by atoms with van der Waals surface area (Å²) in [5.41, 5.74) is 2.28. The van der Waals surface area contributed by atoms with Gasteiger partial charge in [0.25, 0.3) is 0 Å². The van der Waals surface area contributed by atoms with Crippen molar-refractivity contribution in [1.29, 1.82) is 0 Å². The van der Waals surface area contributed by atoms with Gasteiger partial charge in [-0.3, -0.25) is 9.59 Å². The Morgan fingerprint density at radius 2 is 1.67 bits per heavy atom. The number of carbonyl (C=O) groups excluding carboxylic acids is 2. The summed E-state index contributed by atoms with van der Waals surface area (Å²) in [6, 6.07) is 15.5. The van der Waals surface area contributed by atoms with Crippen molar-refractivity contribution in [3.63, 3.8) is 0 Å². The Morgan fingerprint density at radius 3 is 2.21 bits per heavy atom. The molecule has 0 aliphatic carbocycles. The van der Waals surface area contributed by atoms with Gasteiger partial charge in [0, 0.05) is 27.2 Å². The van der Waals surface area contributed by atoms with E-state index in [1.165, 1.54) is 19.0 Å². The van der Waals surface area contributed by atoms with E-state index >= 15 is 0 Å². The average Bonchev–Trinajstić information content (AvgIpc) is 2.77. The number of hydrogen-bond donors (Lipinski definition) is 1. The lowest BCUT2D eigenvalue weighted by atomic mass is 10.1. The van der Waals surface area contributed by atoms with Crippen molar-refractivity contribution in [2.24, 2.45) is 0 Å². The van der Waals surface area contributed by atoms with Crippen molar-refractivity contribution in [3.05, 3.63) is 65.7 Å². The fraction of sp³-hybridized carbons (Fsp3) is 0.417. The maximum Gasteiger partial charge on any atom is 0.304 e. The lowest BCUT2D eigenvalue weighted by Gasteiger charge is -2.33. The molecule has 0 radical (unpaired) electrons. The van der Waals surface area contributed by atoms with Crippen LogP contribution in [0.5, 0.6) is 0 Å². The predicted octanol–water partition coefficient (Wildman–Crippen LogP) is 2.55. The van der Waals surface area contributed by atoms with E-state index in [0.29, 0.717) is 18.7 Å². The molecule has 0 saturated heterocycles. The Balaban J connectivity index is 2.47. The van der Waals surface area contributed by atoms with Crippen molar-refractivity contribution in [1.82, 2.24) is 14.5 Å². The van der Waals surface area contributed by atoms with Crippen molar-refractivity contribution in [3.8, 4) is 0 Å². The zero-order valence-electron chi connectivity index (χ0n) is 20.0. The Hall–Kier alpha value is -2.91. The minimum absolute atomic E-state index is 0.195. The molecular formula is C24H34N4O4S. The van der Waals surface area contributed by atoms with Gasteiger partial charge in [0.15, 0.2) is 0 Å². The molecule has 33 heavy (non-hydrogen) atoms. The summed E-state index contributed by atoms with van der Waals surface area (Å²) in [5.74, 6) is -0.716.